The Hall–Kier alpha value is -0.530. The van der Waals surface area contributed by atoms with Crippen LogP contribution in [0.4, 0.5) is 0 Å². The van der Waals surface area contributed by atoms with Crippen LogP contribution in [0.5, 0.6) is 0 Å². The molecule has 0 heterocycles. The molecule has 96 valence electrons. The standard InChI is InChI=1S/C15H24ClN/c1-5-14(15(11(3)4)17-6-2)12-8-7-9-13(16)10-12/h7-11,14-15,17H,5-6H2,1-4H3. The Labute approximate surface area is 111 Å². The third-order valence-electron chi connectivity index (χ3n) is 3.31. The molecular weight excluding hydrogens is 230 g/mol. The van der Waals surface area contributed by atoms with Crippen molar-refractivity contribution in [3.05, 3.63) is 34.9 Å². The molecule has 1 N–H and O–H groups in total. The molecule has 2 unspecified atom stereocenters. The summed E-state index contributed by atoms with van der Waals surface area (Å²) < 4.78 is 0. The van der Waals surface area contributed by atoms with Crippen molar-refractivity contribution >= 4 is 11.6 Å². The number of halogens is 1. The molecule has 1 rings (SSSR count). The van der Waals surface area contributed by atoms with E-state index in [0.717, 1.165) is 18.0 Å². The summed E-state index contributed by atoms with van der Waals surface area (Å²) in [5, 5.41) is 4.44. The Kier molecular flexibility index (Phi) is 6.01. The van der Waals surface area contributed by atoms with Gasteiger partial charge in [0.05, 0.1) is 0 Å². The van der Waals surface area contributed by atoms with Crippen molar-refractivity contribution in [2.45, 2.75) is 46.1 Å². The molecule has 2 heteroatoms. The predicted molar refractivity (Wildman–Crippen MR) is 76.8 cm³/mol. The number of hydrogen-bond donors (Lipinski definition) is 1. The highest BCUT2D eigenvalue weighted by Crippen LogP contribution is 2.29. The van der Waals surface area contributed by atoms with E-state index in [-0.39, 0.29) is 0 Å². The Bertz CT molecular complexity index is 335. The molecule has 1 aromatic rings. The number of benzene rings is 1. The maximum atomic E-state index is 6.09. The van der Waals surface area contributed by atoms with Crippen LogP contribution in [0.1, 0.15) is 45.6 Å². The molecule has 0 radical (unpaired) electrons. The van der Waals surface area contributed by atoms with Crippen LogP contribution < -0.4 is 5.32 Å². The molecule has 0 spiro atoms. The van der Waals surface area contributed by atoms with Crippen molar-refractivity contribution in [1.82, 2.24) is 5.32 Å². The van der Waals surface area contributed by atoms with Gasteiger partial charge in [-0.3, -0.25) is 0 Å². The highest BCUT2D eigenvalue weighted by atomic mass is 35.5. The summed E-state index contributed by atoms with van der Waals surface area (Å²) in [6.07, 6.45) is 1.14. The molecule has 0 saturated heterocycles. The van der Waals surface area contributed by atoms with Crippen LogP contribution in [0.2, 0.25) is 5.02 Å². The first-order valence-electron chi connectivity index (χ1n) is 6.59. The minimum atomic E-state index is 0.517. The number of likely N-dealkylation sites (N-methyl/N-ethyl adjacent to an activating group) is 1. The summed E-state index contributed by atoms with van der Waals surface area (Å²) in [7, 11) is 0. The van der Waals surface area contributed by atoms with Gasteiger partial charge in [0.15, 0.2) is 0 Å². The van der Waals surface area contributed by atoms with Gasteiger partial charge in [-0.05, 0) is 42.5 Å². The zero-order valence-electron chi connectivity index (χ0n) is 11.3. The van der Waals surface area contributed by atoms with Crippen molar-refractivity contribution in [3.63, 3.8) is 0 Å². The Balaban J connectivity index is 2.95. The first-order valence-corrected chi connectivity index (χ1v) is 6.96. The summed E-state index contributed by atoms with van der Waals surface area (Å²) in [5.74, 6) is 1.16. The number of rotatable bonds is 6. The zero-order valence-corrected chi connectivity index (χ0v) is 12.1. The van der Waals surface area contributed by atoms with Gasteiger partial charge in [-0.1, -0.05) is 51.4 Å². The van der Waals surface area contributed by atoms with E-state index in [1.165, 1.54) is 5.56 Å². The summed E-state index contributed by atoms with van der Waals surface area (Å²) in [4.78, 5) is 0. The molecule has 1 nitrogen and oxygen atoms in total. The molecule has 0 aliphatic heterocycles. The van der Waals surface area contributed by atoms with E-state index < -0.39 is 0 Å². The molecule has 0 fully saturated rings. The first kappa shape index (κ1) is 14.5. The molecule has 0 bridgehead atoms. The lowest BCUT2D eigenvalue weighted by atomic mass is 9.83. The molecule has 0 amide bonds. The fourth-order valence-corrected chi connectivity index (χ4v) is 2.71. The van der Waals surface area contributed by atoms with Crippen molar-refractivity contribution in [2.24, 2.45) is 5.92 Å². The van der Waals surface area contributed by atoms with Crippen LogP contribution in [-0.4, -0.2) is 12.6 Å². The SMILES string of the molecule is CCNC(C(C)C)C(CC)c1cccc(Cl)c1. The average Bonchev–Trinajstić information content (AvgIpc) is 2.29. The van der Waals surface area contributed by atoms with Crippen LogP contribution in [0.25, 0.3) is 0 Å². The maximum Gasteiger partial charge on any atom is 0.0408 e. The van der Waals surface area contributed by atoms with E-state index in [2.05, 4.69) is 45.1 Å². The van der Waals surface area contributed by atoms with E-state index in [9.17, 15) is 0 Å². The van der Waals surface area contributed by atoms with Crippen molar-refractivity contribution in [2.75, 3.05) is 6.54 Å². The number of nitrogens with one attached hydrogen (secondary N) is 1. The van der Waals surface area contributed by atoms with Gasteiger partial charge < -0.3 is 5.32 Å². The monoisotopic (exact) mass is 253 g/mol. The van der Waals surface area contributed by atoms with Gasteiger partial charge in [-0.2, -0.15) is 0 Å². The van der Waals surface area contributed by atoms with Crippen LogP contribution in [-0.2, 0) is 0 Å². The molecule has 2 atom stereocenters. The molecular formula is C15H24ClN. The fourth-order valence-electron chi connectivity index (χ4n) is 2.51. The van der Waals surface area contributed by atoms with Gasteiger partial charge in [0.2, 0.25) is 0 Å². The summed E-state index contributed by atoms with van der Waals surface area (Å²) in [6, 6.07) is 8.79. The Morgan fingerprint density at radius 1 is 1.24 bits per heavy atom. The third-order valence-corrected chi connectivity index (χ3v) is 3.54. The van der Waals surface area contributed by atoms with Crippen molar-refractivity contribution in [1.29, 1.82) is 0 Å². The van der Waals surface area contributed by atoms with Crippen LogP contribution in [0.15, 0.2) is 24.3 Å². The topological polar surface area (TPSA) is 12.0 Å². The number of hydrogen-bond acceptors (Lipinski definition) is 1. The minimum absolute atomic E-state index is 0.517. The quantitative estimate of drug-likeness (QED) is 0.789. The average molecular weight is 254 g/mol. The second-order valence-electron chi connectivity index (χ2n) is 4.90. The second kappa shape index (κ2) is 7.03. The lowest BCUT2D eigenvalue weighted by Crippen LogP contribution is -2.39. The normalized spacial score (nSPS) is 14.9. The Morgan fingerprint density at radius 3 is 2.41 bits per heavy atom. The lowest BCUT2D eigenvalue weighted by Gasteiger charge is -2.30. The highest BCUT2D eigenvalue weighted by molar-refractivity contribution is 6.30. The van der Waals surface area contributed by atoms with Gasteiger partial charge in [0, 0.05) is 11.1 Å². The molecule has 0 saturated carbocycles. The lowest BCUT2D eigenvalue weighted by molar-refractivity contribution is 0.341. The van der Waals surface area contributed by atoms with E-state index in [0.29, 0.717) is 17.9 Å². The van der Waals surface area contributed by atoms with E-state index in [1.807, 2.05) is 12.1 Å². The van der Waals surface area contributed by atoms with Gasteiger partial charge in [0.25, 0.3) is 0 Å². The molecule has 0 aliphatic carbocycles. The predicted octanol–water partition coefficient (Wildman–Crippen LogP) is 4.47. The summed E-state index contributed by atoms with van der Waals surface area (Å²) >= 11 is 6.09. The van der Waals surface area contributed by atoms with Crippen molar-refractivity contribution in [3.8, 4) is 0 Å². The van der Waals surface area contributed by atoms with Gasteiger partial charge in [-0.25, -0.2) is 0 Å². The van der Waals surface area contributed by atoms with Gasteiger partial charge in [0.1, 0.15) is 0 Å². The molecule has 17 heavy (non-hydrogen) atoms. The van der Waals surface area contributed by atoms with Crippen LogP contribution in [0.3, 0.4) is 0 Å². The third kappa shape index (κ3) is 4.01. The molecule has 1 aromatic carbocycles. The van der Waals surface area contributed by atoms with Gasteiger partial charge in [-0.15, -0.1) is 0 Å². The van der Waals surface area contributed by atoms with E-state index >= 15 is 0 Å². The largest absolute Gasteiger partial charge is 0.313 e. The zero-order chi connectivity index (χ0) is 12.8. The summed E-state index contributed by atoms with van der Waals surface area (Å²) in [5.41, 5.74) is 1.35. The fraction of sp³-hybridized carbons (Fsp3) is 0.600. The first-order chi connectivity index (χ1) is 8.10. The molecule has 0 aliphatic rings. The van der Waals surface area contributed by atoms with E-state index in [4.69, 9.17) is 11.6 Å². The Morgan fingerprint density at radius 2 is 1.94 bits per heavy atom. The van der Waals surface area contributed by atoms with Crippen LogP contribution in [0, 0.1) is 5.92 Å². The van der Waals surface area contributed by atoms with Crippen molar-refractivity contribution < 1.29 is 0 Å². The van der Waals surface area contributed by atoms with E-state index in [1.54, 1.807) is 0 Å². The summed E-state index contributed by atoms with van der Waals surface area (Å²) in [6.45, 7) is 9.99. The minimum Gasteiger partial charge on any atom is -0.313 e. The van der Waals surface area contributed by atoms with Gasteiger partial charge >= 0.3 is 0 Å². The smallest absolute Gasteiger partial charge is 0.0408 e. The second-order valence-corrected chi connectivity index (χ2v) is 5.33. The maximum absolute atomic E-state index is 6.09. The highest BCUT2D eigenvalue weighted by Gasteiger charge is 2.23. The van der Waals surface area contributed by atoms with Crippen LogP contribution >= 0.6 is 11.6 Å². The molecule has 0 aromatic heterocycles.